The number of hydrogen-bond acceptors (Lipinski definition) is 10. The van der Waals surface area contributed by atoms with Gasteiger partial charge in [0.15, 0.2) is 5.82 Å². The number of nitrogens with one attached hydrogen (secondary N) is 2. The maximum absolute atomic E-state index is 14.9. The SMILES string of the molecule is CCOc1cnc(NC(=O)N(C)[C@H]2CN(c3nccc(OC(=O)NC4[C@H]5CN(C)C[C@@H]45)n3)CCC2(F)F)cn1. The number of piperidine rings is 2. The quantitative estimate of drug-likeness (QED) is 0.527. The minimum absolute atomic E-state index is 0.00878. The number of ether oxygens (including phenoxy) is 2. The van der Waals surface area contributed by atoms with Crippen molar-refractivity contribution in [1.82, 2.24) is 35.1 Å². The molecule has 2 aromatic heterocycles. The maximum atomic E-state index is 14.9. The highest BCUT2D eigenvalue weighted by Crippen LogP contribution is 2.44. The number of fused-ring (bicyclic) bond motifs is 1. The first-order valence-corrected chi connectivity index (χ1v) is 12.8. The maximum Gasteiger partial charge on any atom is 0.414 e. The van der Waals surface area contributed by atoms with Gasteiger partial charge < -0.3 is 29.5 Å². The largest absolute Gasteiger partial charge is 0.477 e. The summed E-state index contributed by atoms with van der Waals surface area (Å²) < 4.78 is 40.4. The third-order valence-corrected chi connectivity index (χ3v) is 7.30. The second-order valence-electron chi connectivity index (χ2n) is 9.99. The number of anilines is 2. The van der Waals surface area contributed by atoms with Gasteiger partial charge in [-0.2, -0.15) is 4.98 Å². The number of hydrogen-bond donors (Lipinski definition) is 2. The number of aromatic nitrogens is 4. The van der Waals surface area contributed by atoms with Gasteiger partial charge in [-0.1, -0.05) is 0 Å². The van der Waals surface area contributed by atoms with Gasteiger partial charge in [0.25, 0.3) is 5.92 Å². The van der Waals surface area contributed by atoms with Gasteiger partial charge in [-0.15, -0.1) is 0 Å². The Morgan fingerprint density at radius 2 is 1.92 bits per heavy atom. The molecule has 1 unspecified atom stereocenters. The third kappa shape index (κ3) is 5.92. The fourth-order valence-electron chi connectivity index (χ4n) is 5.17. The highest BCUT2D eigenvalue weighted by Gasteiger charge is 2.55. The summed E-state index contributed by atoms with van der Waals surface area (Å²) in [6, 6.07) is -0.732. The van der Waals surface area contributed by atoms with Crippen molar-refractivity contribution in [3.05, 3.63) is 24.7 Å². The van der Waals surface area contributed by atoms with E-state index < -0.39 is 30.5 Å². The summed E-state index contributed by atoms with van der Waals surface area (Å²) in [7, 11) is 3.33. The van der Waals surface area contributed by atoms with Crippen molar-refractivity contribution >= 4 is 23.9 Å². The summed E-state index contributed by atoms with van der Waals surface area (Å²) in [5.74, 6) is -1.77. The summed E-state index contributed by atoms with van der Waals surface area (Å²) in [5, 5.41) is 5.35. The number of alkyl halides is 2. The van der Waals surface area contributed by atoms with Gasteiger partial charge in [-0.25, -0.2) is 33.3 Å². The first-order chi connectivity index (χ1) is 18.6. The number of urea groups is 1. The molecular formula is C24H31F2N9O4. The summed E-state index contributed by atoms with van der Waals surface area (Å²) in [6.07, 6.45) is 2.88. The molecule has 5 rings (SSSR count). The lowest BCUT2D eigenvalue weighted by atomic mass is 10.00. The molecule has 3 aliphatic rings. The summed E-state index contributed by atoms with van der Waals surface area (Å²) >= 11 is 0. The van der Waals surface area contributed by atoms with Crippen molar-refractivity contribution in [2.24, 2.45) is 11.8 Å². The number of likely N-dealkylation sites (tertiary alicyclic amines) is 1. The van der Waals surface area contributed by atoms with Crippen LogP contribution in [0, 0.1) is 11.8 Å². The molecule has 4 heterocycles. The molecule has 2 N–H and O–H groups in total. The van der Waals surface area contributed by atoms with E-state index in [1.165, 1.54) is 36.6 Å². The number of likely N-dealkylation sites (N-methyl/N-ethyl adjacent to an activating group) is 1. The molecule has 3 amide bonds. The molecule has 2 aromatic rings. The Hall–Kier alpha value is -3.88. The summed E-state index contributed by atoms with van der Waals surface area (Å²) in [4.78, 5) is 46.3. The zero-order valence-electron chi connectivity index (χ0n) is 21.9. The Balaban J connectivity index is 1.19. The standard InChI is InChI=1S/C24H31F2N9O4/c1-4-38-19-10-28-17(9-29-19)30-22(36)34(3)16-13-35(8-6-24(16,25)26)21-27-7-5-18(31-21)39-23(37)32-20-14-11-33(2)12-15(14)20/h5,7,9-10,14-16,20H,4,6,8,11-13H2,1-3H3,(H,32,37)(H,28,30,36)/t14-,15+,16-,20?/m0/s1. The molecule has 13 nitrogen and oxygen atoms in total. The van der Waals surface area contributed by atoms with Crippen LogP contribution in [0.3, 0.4) is 0 Å². The van der Waals surface area contributed by atoms with Gasteiger partial charge in [0.1, 0.15) is 6.04 Å². The van der Waals surface area contributed by atoms with Crippen molar-refractivity contribution < 1.29 is 27.8 Å². The molecule has 1 aliphatic carbocycles. The van der Waals surface area contributed by atoms with Crippen molar-refractivity contribution in [1.29, 1.82) is 0 Å². The van der Waals surface area contributed by atoms with Crippen LogP contribution < -0.4 is 25.0 Å². The van der Waals surface area contributed by atoms with Crippen LogP contribution in [0.4, 0.5) is 30.1 Å². The van der Waals surface area contributed by atoms with E-state index in [2.05, 4.69) is 35.5 Å². The van der Waals surface area contributed by atoms with E-state index in [0.717, 1.165) is 18.0 Å². The van der Waals surface area contributed by atoms with Gasteiger partial charge in [-0.3, -0.25) is 5.32 Å². The molecule has 0 aromatic carbocycles. The number of carbonyl (C=O) groups is 2. The predicted molar refractivity (Wildman–Crippen MR) is 135 cm³/mol. The van der Waals surface area contributed by atoms with E-state index >= 15 is 0 Å². The lowest BCUT2D eigenvalue weighted by molar-refractivity contribution is -0.0760. The predicted octanol–water partition coefficient (Wildman–Crippen LogP) is 1.69. The van der Waals surface area contributed by atoms with Gasteiger partial charge in [0, 0.05) is 58.0 Å². The van der Waals surface area contributed by atoms with Crippen LogP contribution in [0.25, 0.3) is 0 Å². The summed E-state index contributed by atoms with van der Waals surface area (Å²) in [6.45, 7) is 3.80. The van der Waals surface area contributed by atoms with Gasteiger partial charge in [-0.05, 0) is 25.8 Å². The number of amides is 3. The molecule has 3 fully saturated rings. The molecular weight excluding hydrogens is 516 g/mol. The molecule has 2 saturated heterocycles. The van der Waals surface area contributed by atoms with Crippen LogP contribution in [0.1, 0.15) is 13.3 Å². The first-order valence-electron chi connectivity index (χ1n) is 12.8. The zero-order valence-corrected chi connectivity index (χ0v) is 21.9. The van der Waals surface area contributed by atoms with Crippen molar-refractivity contribution in [3.8, 4) is 11.8 Å². The average Bonchev–Trinajstić information content (AvgIpc) is 3.33. The molecule has 1 saturated carbocycles. The fourth-order valence-corrected chi connectivity index (χ4v) is 5.17. The van der Waals surface area contributed by atoms with E-state index in [1.807, 2.05) is 7.05 Å². The van der Waals surface area contributed by atoms with Crippen molar-refractivity contribution in [3.63, 3.8) is 0 Å². The molecule has 4 atom stereocenters. The van der Waals surface area contributed by atoms with E-state index in [9.17, 15) is 18.4 Å². The van der Waals surface area contributed by atoms with E-state index in [-0.39, 0.29) is 42.7 Å². The minimum Gasteiger partial charge on any atom is -0.477 e. The smallest absolute Gasteiger partial charge is 0.414 e. The van der Waals surface area contributed by atoms with Crippen LogP contribution >= 0.6 is 0 Å². The van der Waals surface area contributed by atoms with Crippen LogP contribution in [-0.4, -0.2) is 107 Å². The Morgan fingerprint density at radius 3 is 2.62 bits per heavy atom. The molecule has 0 radical (unpaired) electrons. The number of carbonyl (C=O) groups excluding carboxylic acids is 2. The Labute approximate surface area is 223 Å². The van der Waals surface area contributed by atoms with E-state index in [0.29, 0.717) is 18.4 Å². The van der Waals surface area contributed by atoms with Crippen molar-refractivity contribution in [2.75, 3.05) is 57.1 Å². The Kier molecular flexibility index (Phi) is 7.34. The highest BCUT2D eigenvalue weighted by atomic mass is 19.3. The lowest BCUT2D eigenvalue weighted by Gasteiger charge is -2.42. The highest BCUT2D eigenvalue weighted by molar-refractivity contribution is 5.88. The van der Waals surface area contributed by atoms with Crippen molar-refractivity contribution in [2.45, 2.75) is 31.4 Å². The average molecular weight is 548 g/mol. The number of nitrogens with zero attached hydrogens (tertiary/aromatic N) is 7. The second kappa shape index (κ2) is 10.7. The fraction of sp³-hybridized carbons (Fsp3) is 0.583. The second-order valence-corrected chi connectivity index (χ2v) is 9.99. The Bertz CT molecular complexity index is 1190. The zero-order chi connectivity index (χ0) is 27.7. The number of halogens is 2. The molecule has 0 spiro atoms. The lowest BCUT2D eigenvalue weighted by Crippen LogP contribution is -2.60. The molecule has 39 heavy (non-hydrogen) atoms. The van der Waals surface area contributed by atoms with E-state index in [1.54, 1.807) is 6.92 Å². The topological polar surface area (TPSA) is 138 Å². The Morgan fingerprint density at radius 1 is 1.15 bits per heavy atom. The van der Waals surface area contributed by atoms with E-state index in [4.69, 9.17) is 9.47 Å². The molecule has 15 heteroatoms. The van der Waals surface area contributed by atoms with Gasteiger partial charge in [0.05, 0.1) is 19.0 Å². The first kappa shape index (κ1) is 26.7. The van der Waals surface area contributed by atoms with Crippen LogP contribution in [-0.2, 0) is 0 Å². The monoisotopic (exact) mass is 547 g/mol. The molecule has 2 aliphatic heterocycles. The number of rotatable bonds is 7. The third-order valence-electron chi connectivity index (χ3n) is 7.30. The summed E-state index contributed by atoms with van der Waals surface area (Å²) in [5.41, 5.74) is 0. The minimum atomic E-state index is -3.16. The molecule has 210 valence electrons. The van der Waals surface area contributed by atoms with Gasteiger partial charge in [0.2, 0.25) is 17.7 Å². The van der Waals surface area contributed by atoms with Crippen LogP contribution in [0.2, 0.25) is 0 Å². The molecule has 0 bridgehead atoms. The normalized spacial score (nSPS) is 25.4. The van der Waals surface area contributed by atoms with Crippen LogP contribution in [0.5, 0.6) is 11.8 Å². The van der Waals surface area contributed by atoms with Crippen LogP contribution in [0.15, 0.2) is 24.7 Å². The van der Waals surface area contributed by atoms with Gasteiger partial charge >= 0.3 is 12.1 Å².